The Morgan fingerprint density at radius 3 is 2.74 bits per heavy atom. The van der Waals surface area contributed by atoms with Crippen LogP contribution in [0.5, 0.6) is 0 Å². The Morgan fingerprint density at radius 1 is 1.30 bits per heavy atom. The summed E-state index contributed by atoms with van der Waals surface area (Å²) in [5.74, 6) is 0.924. The summed E-state index contributed by atoms with van der Waals surface area (Å²) in [7, 11) is 2.26. The predicted molar refractivity (Wildman–Crippen MR) is 112 cm³/mol. The number of rotatable bonds is 7. The predicted octanol–water partition coefficient (Wildman–Crippen LogP) is 3.69. The summed E-state index contributed by atoms with van der Waals surface area (Å²) in [5.41, 5.74) is 0. The SMILES string of the molecule is CCNC(=NCc1cccs1)NCCN(C)C1CCCCC1.I. The van der Waals surface area contributed by atoms with E-state index in [0.717, 1.165) is 38.2 Å². The van der Waals surface area contributed by atoms with Gasteiger partial charge in [-0.1, -0.05) is 25.3 Å². The molecule has 0 aromatic carbocycles. The van der Waals surface area contributed by atoms with Crippen LogP contribution in [-0.4, -0.2) is 43.6 Å². The molecule has 1 heterocycles. The van der Waals surface area contributed by atoms with Crippen LogP contribution in [0.25, 0.3) is 0 Å². The lowest BCUT2D eigenvalue weighted by molar-refractivity contribution is 0.194. The molecule has 23 heavy (non-hydrogen) atoms. The van der Waals surface area contributed by atoms with E-state index >= 15 is 0 Å². The highest BCUT2D eigenvalue weighted by molar-refractivity contribution is 14.0. The zero-order chi connectivity index (χ0) is 15.6. The monoisotopic (exact) mass is 450 g/mol. The molecular formula is C17H31IN4S. The van der Waals surface area contributed by atoms with Crippen LogP contribution in [0.4, 0.5) is 0 Å². The van der Waals surface area contributed by atoms with Gasteiger partial charge < -0.3 is 15.5 Å². The normalized spacial score (nSPS) is 16.2. The van der Waals surface area contributed by atoms with Gasteiger partial charge in [0.2, 0.25) is 0 Å². The summed E-state index contributed by atoms with van der Waals surface area (Å²) in [6, 6.07) is 4.99. The fraction of sp³-hybridized carbons (Fsp3) is 0.706. The van der Waals surface area contributed by atoms with Crippen molar-refractivity contribution in [2.75, 3.05) is 26.7 Å². The van der Waals surface area contributed by atoms with Gasteiger partial charge in [0.1, 0.15) is 0 Å². The average Bonchev–Trinajstić information content (AvgIpc) is 3.06. The minimum absolute atomic E-state index is 0. The number of guanidine groups is 1. The zero-order valence-electron chi connectivity index (χ0n) is 14.4. The molecular weight excluding hydrogens is 419 g/mol. The molecule has 0 radical (unpaired) electrons. The maximum Gasteiger partial charge on any atom is 0.191 e. The molecule has 0 saturated heterocycles. The van der Waals surface area contributed by atoms with E-state index in [0.29, 0.717) is 0 Å². The van der Waals surface area contributed by atoms with Crippen LogP contribution in [0.15, 0.2) is 22.5 Å². The molecule has 1 fully saturated rings. The van der Waals surface area contributed by atoms with E-state index in [9.17, 15) is 0 Å². The van der Waals surface area contributed by atoms with Gasteiger partial charge in [0.15, 0.2) is 5.96 Å². The first kappa shape index (κ1) is 20.7. The van der Waals surface area contributed by atoms with Gasteiger partial charge in [-0.05, 0) is 38.3 Å². The van der Waals surface area contributed by atoms with Gasteiger partial charge in [-0.3, -0.25) is 0 Å². The molecule has 6 heteroatoms. The maximum atomic E-state index is 4.65. The van der Waals surface area contributed by atoms with Gasteiger partial charge in [-0.25, -0.2) is 4.99 Å². The lowest BCUT2D eigenvalue weighted by atomic mass is 9.94. The van der Waals surface area contributed by atoms with E-state index in [1.165, 1.54) is 37.0 Å². The molecule has 1 saturated carbocycles. The van der Waals surface area contributed by atoms with E-state index in [-0.39, 0.29) is 24.0 Å². The van der Waals surface area contributed by atoms with Crippen LogP contribution in [0.3, 0.4) is 0 Å². The van der Waals surface area contributed by atoms with Crippen LogP contribution in [-0.2, 0) is 6.54 Å². The van der Waals surface area contributed by atoms with Crippen molar-refractivity contribution in [3.63, 3.8) is 0 Å². The first-order valence-electron chi connectivity index (χ1n) is 8.54. The molecule has 0 spiro atoms. The number of nitrogens with one attached hydrogen (secondary N) is 2. The van der Waals surface area contributed by atoms with Gasteiger partial charge in [-0.15, -0.1) is 35.3 Å². The fourth-order valence-electron chi connectivity index (χ4n) is 2.96. The van der Waals surface area contributed by atoms with Crippen LogP contribution in [0, 0.1) is 0 Å². The summed E-state index contributed by atoms with van der Waals surface area (Å²) < 4.78 is 0. The highest BCUT2D eigenvalue weighted by atomic mass is 127. The summed E-state index contributed by atoms with van der Waals surface area (Å²) in [5, 5.41) is 8.88. The van der Waals surface area contributed by atoms with E-state index in [4.69, 9.17) is 0 Å². The Bertz CT molecular complexity index is 430. The van der Waals surface area contributed by atoms with E-state index in [2.05, 4.69) is 52.0 Å². The van der Waals surface area contributed by atoms with Crippen LogP contribution < -0.4 is 10.6 Å². The van der Waals surface area contributed by atoms with E-state index < -0.39 is 0 Å². The molecule has 0 amide bonds. The third kappa shape index (κ3) is 7.85. The third-order valence-corrected chi connectivity index (χ3v) is 5.13. The minimum atomic E-state index is 0. The first-order valence-corrected chi connectivity index (χ1v) is 9.42. The molecule has 1 aromatic heterocycles. The molecule has 4 nitrogen and oxygen atoms in total. The third-order valence-electron chi connectivity index (χ3n) is 4.27. The van der Waals surface area contributed by atoms with Crippen molar-refractivity contribution in [3.05, 3.63) is 22.4 Å². The van der Waals surface area contributed by atoms with Crippen LogP contribution in [0.1, 0.15) is 43.9 Å². The molecule has 0 aliphatic heterocycles. The Balaban J connectivity index is 0.00000264. The number of aliphatic imine (C=N–C) groups is 1. The average molecular weight is 450 g/mol. The Hall–Kier alpha value is -0.340. The molecule has 1 aromatic rings. The van der Waals surface area contributed by atoms with Crippen LogP contribution in [0.2, 0.25) is 0 Å². The first-order chi connectivity index (χ1) is 10.8. The highest BCUT2D eigenvalue weighted by Gasteiger charge is 2.17. The van der Waals surface area contributed by atoms with Crippen molar-refractivity contribution in [1.29, 1.82) is 0 Å². The second-order valence-electron chi connectivity index (χ2n) is 5.97. The molecule has 2 rings (SSSR count). The second-order valence-corrected chi connectivity index (χ2v) is 7.01. The van der Waals surface area contributed by atoms with Crippen molar-refractivity contribution in [2.24, 2.45) is 4.99 Å². The Morgan fingerprint density at radius 2 is 2.09 bits per heavy atom. The van der Waals surface area contributed by atoms with Gasteiger partial charge in [0, 0.05) is 30.6 Å². The standard InChI is InChI=1S/C17H30N4S.HI/c1-3-18-17(20-14-16-10-7-13-22-16)19-11-12-21(2)15-8-5-4-6-9-15;/h7,10,13,15H,3-6,8-9,11-12,14H2,1-2H3,(H2,18,19,20);1H. The van der Waals surface area contributed by atoms with Gasteiger partial charge in [-0.2, -0.15) is 0 Å². The zero-order valence-corrected chi connectivity index (χ0v) is 17.5. The Labute approximate surface area is 162 Å². The number of nitrogens with zero attached hydrogens (tertiary/aromatic N) is 2. The van der Waals surface area contributed by atoms with Crippen molar-refractivity contribution >= 4 is 41.3 Å². The molecule has 1 aliphatic carbocycles. The van der Waals surface area contributed by atoms with E-state index in [1.54, 1.807) is 11.3 Å². The molecule has 2 N–H and O–H groups in total. The van der Waals surface area contributed by atoms with Crippen molar-refractivity contribution in [2.45, 2.75) is 51.6 Å². The van der Waals surface area contributed by atoms with Gasteiger partial charge in [0.25, 0.3) is 0 Å². The fourth-order valence-corrected chi connectivity index (χ4v) is 3.58. The van der Waals surface area contributed by atoms with Crippen molar-refractivity contribution in [1.82, 2.24) is 15.5 Å². The number of hydrogen-bond donors (Lipinski definition) is 2. The lowest BCUT2D eigenvalue weighted by Gasteiger charge is -2.31. The summed E-state index contributed by atoms with van der Waals surface area (Å²) in [6.45, 7) is 5.79. The summed E-state index contributed by atoms with van der Waals surface area (Å²) >= 11 is 1.76. The summed E-state index contributed by atoms with van der Waals surface area (Å²) in [6.07, 6.45) is 6.94. The number of likely N-dealkylation sites (N-methyl/N-ethyl adjacent to an activating group) is 1. The molecule has 132 valence electrons. The smallest absolute Gasteiger partial charge is 0.191 e. The van der Waals surface area contributed by atoms with E-state index in [1.807, 2.05) is 0 Å². The number of halogens is 1. The van der Waals surface area contributed by atoms with Gasteiger partial charge in [0.05, 0.1) is 6.54 Å². The van der Waals surface area contributed by atoms with Crippen molar-refractivity contribution in [3.8, 4) is 0 Å². The second kappa shape index (κ2) is 12.1. The highest BCUT2D eigenvalue weighted by Crippen LogP contribution is 2.21. The molecule has 0 unspecified atom stereocenters. The van der Waals surface area contributed by atoms with Crippen molar-refractivity contribution < 1.29 is 0 Å². The topological polar surface area (TPSA) is 39.7 Å². The largest absolute Gasteiger partial charge is 0.357 e. The molecule has 0 atom stereocenters. The molecule has 0 bridgehead atoms. The number of hydrogen-bond acceptors (Lipinski definition) is 3. The Kier molecular flexibility index (Phi) is 10.9. The molecule has 1 aliphatic rings. The number of thiophene rings is 1. The lowest BCUT2D eigenvalue weighted by Crippen LogP contribution is -2.43. The maximum absolute atomic E-state index is 4.65. The quantitative estimate of drug-likeness (QED) is 0.378. The van der Waals surface area contributed by atoms with Gasteiger partial charge >= 0.3 is 0 Å². The van der Waals surface area contributed by atoms with Crippen LogP contribution >= 0.6 is 35.3 Å². The summed E-state index contributed by atoms with van der Waals surface area (Å²) in [4.78, 5) is 8.46. The minimum Gasteiger partial charge on any atom is -0.357 e.